The number of halogens is 3. The maximum Gasteiger partial charge on any atom is 0.303 e. The van der Waals surface area contributed by atoms with Crippen molar-refractivity contribution in [1.82, 2.24) is 5.48 Å². The quantitative estimate of drug-likeness (QED) is 0.292. The second-order valence-corrected chi connectivity index (χ2v) is 11.1. The lowest BCUT2D eigenvalue weighted by Gasteiger charge is -2.36. The average molecular weight is 601 g/mol. The summed E-state index contributed by atoms with van der Waals surface area (Å²) in [6, 6.07) is 12.2. The van der Waals surface area contributed by atoms with Gasteiger partial charge in [0, 0.05) is 20.5 Å². The van der Waals surface area contributed by atoms with E-state index in [9.17, 15) is 13.2 Å². The van der Waals surface area contributed by atoms with Gasteiger partial charge in [-0.3, -0.25) is 14.4 Å². The zero-order valence-electron chi connectivity index (χ0n) is 17.8. The molecule has 2 aliphatic carbocycles. The van der Waals surface area contributed by atoms with Crippen molar-refractivity contribution in [2.24, 2.45) is 5.92 Å². The normalized spacial score (nSPS) is 22.4. The lowest BCUT2D eigenvalue weighted by atomic mass is 9.94. The lowest BCUT2D eigenvalue weighted by molar-refractivity contribution is -0.130. The SMILES string of the molecule is O=C(NOCC1CC1)C1=CC=C(F)C(F)(S(=O)(=O)Nc2ccccc2)C1Nc1ccc(I)cc1. The van der Waals surface area contributed by atoms with Crippen LogP contribution in [-0.2, 0) is 19.7 Å². The third-order valence-corrected chi connectivity index (χ3v) is 7.87. The molecule has 0 aliphatic heterocycles. The molecule has 2 aromatic rings. The van der Waals surface area contributed by atoms with Crippen molar-refractivity contribution in [2.75, 3.05) is 16.6 Å². The number of nitrogens with one attached hydrogen (secondary N) is 3. The van der Waals surface area contributed by atoms with E-state index in [4.69, 9.17) is 4.84 Å². The number of rotatable bonds is 9. The Morgan fingerprint density at radius 1 is 1.06 bits per heavy atom. The van der Waals surface area contributed by atoms with Crippen LogP contribution < -0.4 is 15.5 Å². The maximum atomic E-state index is 16.5. The van der Waals surface area contributed by atoms with E-state index in [1.54, 1.807) is 42.5 Å². The predicted octanol–water partition coefficient (Wildman–Crippen LogP) is 4.43. The van der Waals surface area contributed by atoms with Gasteiger partial charge in [0.25, 0.3) is 15.9 Å². The van der Waals surface area contributed by atoms with Gasteiger partial charge in [-0.1, -0.05) is 18.2 Å². The van der Waals surface area contributed by atoms with Gasteiger partial charge in [0.15, 0.2) is 5.83 Å². The van der Waals surface area contributed by atoms with Crippen molar-refractivity contribution in [3.05, 3.63) is 81.7 Å². The number of carbonyl (C=O) groups excluding carboxylic acids is 1. The summed E-state index contributed by atoms with van der Waals surface area (Å²) in [6.45, 7) is 0.285. The van der Waals surface area contributed by atoms with E-state index >= 15 is 8.78 Å². The molecule has 0 spiro atoms. The summed E-state index contributed by atoms with van der Waals surface area (Å²) in [5.41, 5.74) is 2.23. The summed E-state index contributed by atoms with van der Waals surface area (Å²) < 4.78 is 61.0. The van der Waals surface area contributed by atoms with E-state index in [0.717, 1.165) is 22.5 Å². The van der Waals surface area contributed by atoms with E-state index in [0.29, 0.717) is 17.7 Å². The molecule has 2 aromatic carbocycles. The Labute approximate surface area is 209 Å². The van der Waals surface area contributed by atoms with Crippen LogP contribution in [0.15, 0.2) is 78.1 Å². The van der Waals surface area contributed by atoms with Crippen molar-refractivity contribution in [1.29, 1.82) is 0 Å². The Bertz CT molecular complexity index is 1220. The molecule has 2 atom stereocenters. The summed E-state index contributed by atoms with van der Waals surface area (Å²) in [6.07, 6.45) is 3.67. The van der Waals surface area contributed by atoms with Crippen molar-refractivity contribution >= 4 is 49.9 Å². The Morgan fingerprint density at radius 3 is 2.38 bits per heavy atom. The second kappa shape index (κ2) is 10.0. The number of amides is 1. The van der Waals surface area contributed by atoms with Crippen molar-refractivity contribution in [3.63, 3.8) is 0 Å². The molecule has 2 unspecified atom stereocenters. The van der Waals surface area contributed by atoms with E-state index < -0.39 is 32.8 Å². The Morgan fingerprint density at radius 2 is 1.74 bits per heavy atom. The highest BCUT2D eigenvalue weighted by atomic mass is 127. The minimum atomic E-state index is -5.04. The molecule has 11 heteroatoms. The molecule has 0 aromatic heterocycles. The number of carbonyl (C=O) groups is 1. The van der Waals surface area contributed by atoms with E-state index in [2.05, 4.69) is 38.1 Å². The van der Waals surface area contributed by atoms with E-state index in [1.165, 1.54) is 12.1 Å². The van der Waals surface area contributed by atoms with Crippen LogP contribution in [-0.4, -0.2) is 32.0 Å². The van der Waals surface area contributed by atoms with Gasteiger partial charge in [0.05, 0.1) is 6.61 Å². The summed E-state index contributed by atoms with van der Waals surface area (Å²) in [7, 11) is -5.04. The first kappa shape index (κ1) is 24.6. The monoisotopic (exact) mass is 601 g/mol. The van der Waals surface area contributed by atoms with Crippen molar-refractivity contribution < 1.29 is 26.8 Å². The number of benzene rings is 2. The number of hydroxylamine groups is 1. The van der Waals surface area contributed by atoms with Gasteiger partial charge in [-0.05, 0) is 89.9 Å². The van der Waals surface area contributed by atoms with Crippen LogP contribution in [0.1, 0.15) is 12.8 Å². The van der Waals surface area contributed by atoms with Gasteiger partial charge in [-0.15, -0.1) is 0 Å². The summed E-state index contributed by atoms with van der Waals surface area (Å²) in [5.74, 6) is -2.09. The standard InChI is InChI=1S/C23H22F2IN3O4S/c24-20-13-12-19(22(30)28-33-14-15-6-7-15)21(27-17-10-8-16(26)9-11-17)23(20,25)34(31,32)29-18-4-2-1-3-5-18/h1-5,8-13,15,21,27,29H,6-7,14H2,(H,28,30). The Hall–Kier alpha value is -2.51. The molecule has 1 saturated carbocycles. The highest BCUT2D eigenvalue weighted by molar-refractivity contribution is 14.1. The third kappa shape index (κ3) is 5.26. The van der Waals surface area contributed by atoms with Gasteiger partial charge >= 0.3 is 5.00 Å². The highest BCUT2D eigenvalue weighted by Crippen LogP contribution is 2.42. The molecule has 1 fully saturated rings. The lowest BCUT2D eigenvalue weighted by Crippen LogP contribution is -2.56. The molecule has 7 nitrogen and oxygen atoms in total. The van der Waals surface area contributed by atoms with Crippen LogP contribution in [0, 0.1) is 9.49 Å². The van der Waals surface area contributed by atoms with Gasteiger partial charge < -0.3 is 5.32 Å². The molecular weight excluding hydrogens is 579 g/mol. The largest absolute Gasteiger partial charge is 0.374 e. The topological polar surface area (TPSA) is 96.5 Å². The summed E-state index contributed by atoms with van der Waals surface area (Å²) >= 11 is 2.07. The molecular formula is C23H22F2IN3O4S. The second-order valence-electron chi connectivity index (χ2n) is 8.02. The fourth-order valence-corrected chi connectivity index (χ4v) is 5.16. The number of allylic oxidation sites excluding steroid dienone is 2. The number of hydrogen-bond acceptors (Lipinski definition) is 5. The zero-order chi connectivity index (χ0) is 24.3. The van der Waals surface area contributed by atoms with Crippen LogP contribution in [0.5, 0.6) is 0 Å². The number of sulfonamides is 1. The van der Waals surface area contributed by atoms with Crippen LogP contribution in [0.25, 0.3) is 0 Å². The fourth-order valence-electron chi connectivity index (χ4n) is 3.39. The first-order valence-corrected chi connectivity index (χ1v) is 13.1. The summed E-state index contributed by atoms with van der Waals surface area (Å²) in [5, 5.41) is -0.935. The van der Waals surface area contributed by atoms with E-state index in [1.807, 2.05) is 0 Å². The van der Waals surface area contributed by atoms with Gasteiger partial charge in [0.2, 0.25) is 0 Å². The Kier molecular flexibility index (Phi) is 7.24. The number of anilines is 2. The molecule has 0 radical (unpaired) electrons. The van der Waals surface area contributed by atoms with Crippen molar-refractivity contribution in [2.45, 2.75) is 23.9 Å². The first-order valence-electron chi connectivity index (χ1n) is 10.5. The van der Waals surface area contributed by atoms with Crippen LogP contribution in [0.3, 0.4) is 0 Å². The molecule has 0 saturated heterocycles. The minimum Gasteiger partial charge on any atom is -0.374 e. The van der Waals surface area contributed by atoms with Gasteiger partial charge in [0.1, 0.15) is 6.04 Å². The zero-order valence-corrected chi connectivity index (χ0v) is 20.8. The molecule has 0 heterocycles. The summed E-state index contributed by atoms with van der Waals surface area (Å²) in [4.78, 5) is 18.0. The molecule has 4 rings (SSSR count). The van der Waals surface area contributed by atoms with Crippen LogP contribution in [0.4, 0.5) is 20.2 Å². The fraction of sp³-hybridized carbons (Fsp3) is 0.261. The number of para-hydroxylation sites is 1. The molecule has 2 aliphatic rings. The number of hydrogen-bond donors (Lipinski definition) is 3. The van der Waals surface area contributed by atoms with Crippen LogP contribution >= 0.6 is 22.6 Å². The molecule has 3 N–H and O–H groups in total. The maximum absolute atomic E-state index is 16.5. The number of alkyl halides is 1. The van der Waals surface area contributed by atoms with Crippen LogP contribution in [0.2, 0.25) is 0 Å². The molecule has 1 amide bonds. The minimum absolute atomic E-state index is 0.0497. The average Bonchev–Trinajstić information content (AvgIpc) is 3.63. The van der Waals surface area contributed by atoms with E-state index in [-0.39, 0.29) is 17.9 Å². The smallest absolute Gasteiger partial charge is 0.303 e. The van der Waals surface area contributed by atoms with Gasteiger partial charge in [-0.25, -0.2) is 22.7 Å². The third-order valence-electron chi connectivity index (χ3n) is 5.43. The molecule has 34 heavy (non-hydrogen) atoms. The molecule has 0 bridgehead atoms. The predicted molar refractivity (Wildman–Crippen MR) is 133 cm³/mol. The molecule has 180 valence electrons. The first-order chi connectivity index (χ1) is 16.2. The highest BCUT2D eigenvalue weighted by Gasteiger charge is 2.59. The Balaban J connectivity index is 1.69. The van der Waals surface area contributed by atoms with Gasteiger partial charge in [-0.2, -0.15) is 0 Å². The van der Waals surface area contributed by atoms with Crippen molar-refractivity contribution in [3.8, 4) is 0 Å².